The van der Waals surface area contributed by atoms with E-state index in [1.54, 1.807) is 0 Å². The maximum atomic E-state index is 11.7. The molecule has 0 aromatic carbocycles. The number of ether oxygens (including phenoxy) is 2. The largest absolute Gasteiger partial charge is 0.469 e. The Balaban J connectivity index is 2.17. The normalized spacial score (nSPS) is 20.0. The van der Waals surface area contributed by atoms with Crippen molar-refractivity contribution in [3.8, 4) is 0 Å². The molecule has 2 N–H and O–H groups in total. The molecule has 1 fully saturated rings. The zero-order chi connectivity index (χ0) is 14.1. The fourth-order valence-corrected chi connectivity index (χ4v) is 1.87. The molecule has 7 heteroatoms. The highest BCUT2D eigenvalue weighted by atomic mass is 16.5. The number of rotatable bonds is 7. The minimum Gasteiger partial charge on any atom is -0.469 e. The first kappa shape index (κ1) is 15.9. The summed E-state index contributed by atoms with van der Waals surface area (Å²) in [4.78, 5) is 24.5. The Bertz CT molecular complexity index is 298. The number of morpholine rings is 1. The van der Waals surface area contributed by atoms with Crippen LogP contribution in [0.1, 0.15) is 12.8 Å². The van der Waals surface area contributed by atoms with Crippen molar-refractivity contribution >= 4 is 11.9 Å². The molecule has 1 aliphatic rings. The molecule has 1 saturated heterocycles. The van der Waals surface area contributed by atoms with E-state index in [4.69, 9.17) is 4.74 Å². The summed E-state index contributed by atoms with van der Waals surface area (Å²) in [6, 6.07) is -0.116. The zero-order valence-corrected chi connectivity index (χ0v) is 11.3. The van der Waals surface area contributed by atoms with Crippen molar-refractivity contribution < 1.29 is 24.2 Å². The SMILES string of the molecule is COC(=O)CCCNC(=O)CN1CCOCC1CO. The summed E-state index contributed by atoms with van der Waals surface area (Å²) < 4.78 is 9.74. The van der Waals surface area contributed by atoms with Crippen LogP contribution in [-0.4, -0.2) is 74.5 Å². The number of hydrogen-bond donors (Lipinski definition) is 2. The van der Waals surface area contributed by atoms with Crippen LogP contribution in [0, 0.1) is 0 Å². The molecule has 1 amide bonds. The quantitative estimate of drug-likeness (QED) is 0.445. The van der Waals surface area contributed by atoms with Gasteiger partial charge in [-0.2, -0.15) is 0 Å². The van der Waals surface area contributed by atoms with Gasteiger partial charge in [0.25, 0.3) is 0 Å². The highest BCUT2D eigenvalue weighted by molar-refractivity contribution is 5.78. The van der Waals surface area contributed by atoms with E-state index in [9.17, 15) is 14.7 Å². The molecule has 1 heterocycles. The Labute approximate surface area is 112 Å². The van der Waals surface area contributed by atoms with Crippen LogP contribution in [0.2, 0.25) is 0 Å². The fourth-order valence-electron chi connectivity index (χ4n) is 1.87. The van der Waals surface area contributed by atoms with Gasteiger partial charge < -0.3 is 19.9 Å². The second-order valence-corrected chi connectivity index (χ2v) is 4.41. The topological polar surface area (TPSA) is 88.1 Å². The summed E-state index contributed by atoms with van der Waals surface area (Å²) in [6.45, 7) is 2.34. The second kappa shape index (κ2) is 8.84. The Morgan fingerprint density at radius 3 is 3.00 bits per heavy atom. The highest BCUT2D eigenvalue weighted by Crippen LogP contribution is 2.05. The highest BCUT2D eigenvalue weighted by Gasteiger charge is 2.23. The van der Waals surface area contributed by atoms with Crippen molar-refractivity contribution in [3.63, 3.8) is 0 Å². The van der Waals surface area contributed by atoms with Gasteiger partial charge in [-0.05, 0) is 6.42 Å². The van der Waals surface area contributed by atoms with Gasteiger partial charge in [-0.15, -0.1) is 0 Å². The summed E-state index contributed by atoms with van der Waals surface area (Å²) in [7, 11) is 1.34. The molecular formula is C12H22N2O5. The van der Waals surface area contributed by atoms with Gasteiger partial charge in [-0.3, -0.25) is 14.5 Å². The van der Waals surface area contributed by atoms with Gasteiger partial charge in [0, 0.05) is 19.5 Å². The number of amides is 1. The van der Waals surface area contributed by atoms with Crippen molar-refractivity contribution in [3.05, 3.63) is 0 Å². The molecule has 1 atom stereocenters. The molecule has 19 heavy (non-hydrogen) atoms. The number of methoxy groups -OCH3 is 1. The third kappa shape index (κ3) is 6.00. The average Bonchev–Trinajstić information content (AvgIpc) is 2.43. The van der Waals surface area contributed by atoms with Crippen LogP contribution < -0.4 is 5.32 Å². The zero-order valence-electron chi connectivity index (χ0n) is 11.3. The standard InChI is InChI=1S/C12H22N2O5/c1-18-12(17)3-2-4-13-11(16)7-14-5-6-19-9-10(14)8-15/h10,15H,2-9H2,1H3,(H,13,16). The van der Waals surface area contributed by atoms with E-state index >= 15 is 0 Å². The van der Waals surface area contributed by atoms with Gasteiger partial charge >= 0.3 is 5.97 Å². The molecule has 0 spiro atoms. The van der Waals surface area contributed by atoms with Gasteiger partial charge in [-0.1, -0.05) is 0 Å². The number of nitrogens with zero attached hydrogens (tertiary/aromatic N) is 1. The predicted molar refractivity (Wildman–Crippen MR) is 67.5 cm³/mol. The lowest BCUT2D eigenvalue weighted by Gasteiger charge is -2.33. The van der Waals surface area contributed by atoms with Crippen molar-refractivity contribution in [1.82, 2.24) is 10.2 Å². The molecule has 0 radical (unpaired) electrons. The molecule has 0 saturated carbocycles. The number of esters is 1. The summed E-state index contributed by atoms with van der Waals surface area (Å²) in [5.41, 5.74) is 0. The summed E-state index contributed by atoms with van der Waals surface area (Å²) in [5, 5.41) is 11.9. The van der Waals surface area contributed by atoms with E-state index in [0.717, 1.165) is 0 Å². The van der Waals surface area contributed by atoms with Crippen LogP contribution in [0.5, 0.6) is 0 Å². The van der Waals surface area contributed by atoms with Gasteiger partial charge in [0.15, 0.2) is 0 Å². The number of carbonyl (C=O) groups excluding carboxylic acids is 2. The summed E-state index contributed by atoms with van der Waals surface area (Å²) in [5.74, 6) is -0.381. The molecule has 7 nitrogen and oxygen atoms in total. The third-order valence-corrected chi connectivity index (χ3v) is 3.01. The lowest BCUT2D eigenvalue weighted by atomic mass is 10.2. The second-order valence-electron chi connectivity index (χ2n) is 4.41. The molecule has 0 aliphatic carbocycles. The first-order valence-corrected chi connectivity index (χ1v) is 6.43. The van der Waals surface area contributed by atoms with Crippen molar-refractivity contribution in [2.24, 2.45) is 0 Å². The Kier molecular flexibility index (Phi) is 7.39. The average molecular weight is 274 g/mol. The van der Waals surface area contributed by atoms with Crippen LogP contribution in [-0.2, 0) is 19.1 Å². The minimum absolute atomic E-state index is 0.0182. The lowest BCUT2D eigenvalue weighted by Crippen LogP contribution is -2.51. The first-order chi connectivity index (χ1) is 9.17. The molecule has 1 aliphatic heterocycles. The van der Waals surface area contributed by atoms with Crippen LogP contribution >= 0.6 is 0 Å². The molecule has 0 bridgehead atoms. The molecule has 0 aromatic rings. The smallest absolute Gasteiger partial charge is 0.305 e. The van der Waals surface area contributed by atoms with Crippen LogP contribution in [0.25, 0.3) is 0 Å². The number of hydrogen-bond acceptors (Lipinski definition) is 6. The maximum Gasteiger partial charge on any atom is 0.305 e. The van der Waals surface area contributed by atoms with Gasteiger partial charge in [0.2, 0.25) is 5.91 Å². The van der Waals surface area contributed by atoms with Crippen LogP contribution in [0.15, 0.2) is 0 Å². The van der Waals surface area contributed by atoms with E-state index in [1.165, 1.54) is 7.11 Å². The van der Waals surface area contributed by atoms with Gasteiger partial charge in [-0.25, -0.2) is 0 Å². The third-order valence-electron chi connectivity index (χ3n) is 3.01. The maximum absolute atomic E-state index is 11.7. The predicted octanol–water partition coefficient (Wildman–Crippen LogP) is -1.25. The fraction of sp³-hybridized carbons (Fsp3) is 0.833. The van der Waals surface area contributed by atoms with E-state index in [-0.39, 0.29) is 31.1 Å². The van der Waals surface area contributed by atoms with Crippen LogP contribution in [0.4, 0.5) is 0 Å². The first-order valence-electron chi connectivity index (χ1n) is 6.43. The van der Waals surface area contributed by atoms with E-state index in [1.807, 2.05) is 4.90 Å². The van der Waals surface area contributed by atoms with E-state index in [2.05, 4.69) is 10.1 Å². The number of carbonyl (C=O) groups is 2. The lowest BCUT2D eigenvalue weighted by molar-refractivity contribution is -0.140. The van der Waals surface area contributed by atoms with Gasteiger partial charge in [0.1, 0.15) is 0 Å². The summed E-state index contributed by atoms with van der Waals surface area (Å²) >= 11 is 0. The number of aliphatic hydroxyl groups is 1. The minimum atomic E-state index is -0.275. The Morgan fingerprint density at radius 2 is 2.32 bits per heavy atom. The number of nitrogens with one attached hydrogen (secondary N) is 1. The van der Waals surface area contributed by atoms with Crippen LogP contribution in [0.3, 0.4) is 0 Å². The summed E-state index contributed by atoms with van der Waals surface area (Å²) in [6.07, 6.45) is 0.860. The molecular weight excluding hydrogens is 252 g/mol. The van der Waals surface area contributed by atoms with Crippen molar-refractivity contribution in [2.75, 3.05) is 46.6 Å². The monoisotopic (exact) mass is 274 g/mol. The Morgan fingerprint density at radius 1 is 1.53 bits per heavy atom. The molecule has 110 valence electrons. The molecule has 1 unspecified atom stereocenters. The van der Waals surface area contributed by atoms with E-state index in [0.29, 0.717) is 39.1 Å². The number of aliphatic hydroxyl groups excluding tert-OH is 1. The van der Waals surface area contributed by atoms with E-state index < -0.39 is 0 Å². The Hall–Kier alpha value is -1.18. The molecule has 1 rings (SSSR count). The molecule has 0 aromatic heterocycles. The van der Waals surface area contributed by atoms with Crippen molar-refractivity contribution in [2.45, 2.75) is 18.9 Å². The van der Waals surface area contributed by atoms with Gasteiger partial charge in [0.05, 0.1) is 39.5 Å². The van der Waals surface area contributed by atoms with Crippen molar-refractivity contribution in [1.29, 1.82) is 0 Å².